The molecule has 0 aliphatic carbocycles. The summed E-state index contributed by atoms with van der Waals surface area (Å²) < 4.78 is 0. The first-order valence-electron chi connectivity index (χ1n) is 7.76. The highest BCUT2D eigenvalue weighted by atomic mass is 35.5. The molecule has 8 heteroatoms. The van der Waals surface area contributed by atoms with Crippen LogP contribution in [0.4, 0.5) is 5.82 Å². The van der Waals surface area contributed by atoms with Gasteiger partial charge in [-0.05, 0) is 31.9 Å². The van der Waals surface area contributed by atoms with Crippen molar-refractivity contribution in [3.05, 3.63) is 41.1 Å². The van der Waals surface area contributed by atoms with Gasteiger partial charge in [-0.3, -0.25) is 9.59 Å². The van der Waals surface area contributed by atoms with Crippen molar-refractivity contribution in [1.29, 1.82) is 0 Å². The number of hydrogen-bond acceptors (Lipinski definition) is 4. The molecule has 1 unspecified atom stereocenters. The molecule has 2 aromatic rings. The molecule has 3 heterocycles. The molecule has 24 heavy (non-hydrogen) atoms. The standard InChI is InChI=1S/C16H18ClN5O2/c1-10-18-8-13(20-10)16(24)22-6-2-3-11(9-22)15(23)21-14-5-4-12(17)7-19-14/h4-5,7-8,11H,2-3,6,9H2,1H3,(H,18,20)(H,19,21,23). The highest BCUT2D eigenvalue weighted by Crippen LogP contribution is 2.20. The number of pyridine rings is 1. The van der Waals surface area contributed by atoms with E-state index in [1.165, 1.54) is 12.4 Å². The molecule has 2 N–H and O–H groups in total. The highest BCUT2D eigenvalue weighted by molar-refractivity contribution is 6.30. The van der Waals surface area contributed by atoms with Crippen LogP contribution >= 0.6 is 11.6 Å². The SMILES string of the molecule is Cc1ncc(C(=O)N2CCCC(C(=O)Nc3ccc(Cl)cn3)C2)[nH]1. The van der Waals surface area contributed by atoms with Crippen molar-refractivity contribution in [2.45, 2.75) is 19.8 Å². The largest absolute Gasteiger partial charge is 0.338 e. The molecule has 1 atom stereocenters. The average molecular weight is 348 g/mol. The summed E-state index contributed by atoms with van der Waals surface area (Å²) in [5, 5.41) is 3.29. The van der Waals surface area contributed by atoms with Crippen LogP contribution in [-0.2, 0) is 4.79 Å². The maximum Gasteiger partial charge on any atom is 0.271 e. The number of carbonyl (C=O) groups excluding carboxylic acids is 2. The Labute approximate surface area is 144 Å². The Bertz CT molecular complexity index is 743. The Balaban J connectivity index is 1.63. The molecular formula is C16H18ClN5O2. The number of hydrogen-bond donors (Lipinski definition) is 2. The predicted octanol–water partition coefficient (Wildman–Crippen LogP) is 2.26. The average Bonchev–Trinajstić information content (AvgIpc) is 3.03. The fourth-order valence-corrected chi connectivity index (χ4v) is 2.87. The van der Waals surface area contributed by atoms with Crippen LogP contribution < -0.4 is 5.32 Å². The lowest BCUT2D eigenvalue weighted by atomic mass is 9.97. The summed E-state index contributed by atoms with van der Waals surface area (Å²) >= 11 is 5.78. The third kappa shape index (κ3) is 3.73. The second kappa shape index (κ2) is 7.00. The van der Waals surface area contributed by atoms with E-state index < -0.39 is 0 Å². The number of nitrogens with zero attached hydrogens (tertiary/aromatic N) is 3. The van der Waals surface area contributed by atoms with E-state index in [4.69, 9.17) is 11.6 Å². The zero-order valence-electron chi connectivity index (χ0n) is 13.3. The maximum atomic E-state index is 12.5. The van der Waals surface area contributed by atoms with Gasteiger partial charge in [0.15, 0.2) is 0 Å². The lowest BCUT2D eigenvalue weighted by Gasteiger charge is -2.31. The molecule has 1 fully saturated rings. The van der Waals surface area contributed by atoms with Crippen LogP contribution in [0.2, 0.25) is 5.02 Å². The topological polar surface area (TPSA) is 91.0 Å². The zero-order valence-corrected chi connectivity index (χ0v) is 14.0. The molecule has 0 saturated carbocycles. The second-order valence-corrected chi connectivity index (χ2v) is 6.26. The van der Waals surface area contributed by atoms with E-state index in [0.29, 0.717) is 35.4 Å². The van der Waals surface area contributed by atoms with Crippen LogP contribution in [0.1, 0.15) is 29.2 Å². The minimum atomic E-state index is -0.260. The monoisotopic (exact) mass is 347 g/mol. The van der Waals surface area contributed by atoms with Crippen LogP contribution in [-0.4, -0.2) is 44.8 Å². The number of amides is 2. The lowest BCUT2D eigenvalue weighted by Crippen LogP contribution is -2.44. The van der Waals surface area contributed by atoms with Crippen molar-refractivity contribution >= 4 is 29.2 Å². The molecule has 1 saturated heterocycles. The molecular weight excluding hydrogens is 330 g/mol. The van der Waals surface area contributed by atoms with E-state index in [-0.39, 0.29) is 17.7 Å². The minimum absolute atomic E-state index is 0.127. The van der Waals surface area contributed by atoms with Crippen molar-refractivity contribution < 1.29 is 9.59 Å². The fraction of sp³-hybridized carbons (Fsp3) is 0.375. The van der Waals surface area contributed by atoms with Gasteiger partial charge in [0, 0.05) is 19.3 Å². The van der Waals surface area contributed by atoms with E-state index >= 15 is 0 Å². The first kappa shape index (κ1) is 16.4. The summed E-state index contributed by atoms with van der Waals surface area (Å²) in [4.78, 5) is 37.6. The van der Waals surface area contributed by atoms with Crippen LogP contribution in [0.5, 0.6) is 0 Å². The molecule has 0 radical (unpaired) electrons. The summed E-state index contributed by atoms with van der Waals surface area (Å²) in [6.45, 7) is 2.82. The van der Waals surface area contributed by atoms with Gasteiger partial charge in [-0.2, -0.15) is 0 Å². The maximum absolute atomic E-state index is 12.5. The van der Waals surface area contributed by atoms with Gasteiger partial charge in [-0.1, -0.05) is 11.6 Å². The number of anilines is 1. The molecule has 0 aromatic carbocycles. The second-order valence-electron chi connectivity index (χ2n) is 5.82. The van der Waals surface area contributed by atoms with Gasteiger partial charge in [0.2, 0.25) is 5.91 Å². The van der Waals surface area contributed by atoms with Gasteiger partial charge in [0.1, 0.15) is 17.3 Å². The Morgan fingerprint density at radius 1 is 1.33 bits per heavy atom. The number of halogens is 1. The number of aromatic amines is 1. The molecule has 0 bridgehead atoms. The highest BCUT2D eigenvalue weighted by Gasteiger charge is 2.29. The molecule has 2 aromatic heterocycles. The number of aryl methyl sites for hydroxylation is 1. The van der Waals surface area contributed by atoms with Gasteiger partial charge in [0.25, 0.3) is 5.91 Å². The summed E-state index contributed by atoms with van der Waals surface area (Å²) in [6.07, 6.45) is 4.53. The molecule has 1 aliphatic rings. The molecule has 7 nitrogen and oxygen atoms in total. The number of aromatic nitrogens is 3. The van der Waals surface area contributed by atoms with Gasteiger partial charge >= 0.3 is 0 Å². The molecule has 0 spiro atoms. The number of rotatable bonds is 3. The van der Waals surface area contributed by atoms with Gasteiger partial charge in [0.05, 0.1) is 17.1 Å². The quantitative estimate of drug-likeness (QED) is 0.891. The Kier molecular flexibility index (Phi) is 4.80. The Hall–Kier alpha value is -2.41. The molecule has 3 rings (SSSR count). The van der Waals surface area contributed by atoms with Crippen LogP contribution in [0.3, 0.4) is 0 Å². The summed E-state index contributed by atoms with van der Waals surface area (Å²) in [6, 6.07) is 3.32. The summed E-state index contributed by atoms with van der Waals surface area (Å²) in [5.74, 6) is 0.625. The molecule has 1 aliphatic heterocycles. The first-order chi connectivity index (χ1) is 11.5. The molecule has 126 valence electrons. The van der Waals surface area contributed by atoms with Crippen LogP contribution in [0.15, 0.2) is 24.5 Å². The third-order valence-electron chi connectivity index (χ3n) is 3.99. The molecule has 2 amide bonds. The zero-order chi connectivity index (χ0) is 17.1. The first-order valence-corrected chi connectivity index (χ1v) is 8.14. The van der Waals surface area contributed by atoms with Crippen LogP contribution in [0.25, 0.3) is 0 Å². The van der Waals surface area contributed by atoms with Gasteiger partial charge in [-0.25, -0.2) is 9.97 Å². The summed E-state index contributed by atoms with van der Waals surface area (Å²) in [7, 11) is 0. The van der Waals surface area contributed by atoms with E-state index in [1.54, 1.807) is 24.0 Å². The number of likely N-dealkylation sites (tertiary alicyclic amines) is 1. The number of piperidine rings is 1. The van der Waals surface area contributed by atoms with Gasteiger partial charge < -0.3 is 15.2 Å². The number of H-pyrrole nitrogens is 1. The fourth-order valence-electron chi connectivity index (χ4n) is 2.75. The third-order valence-corrected chi connectivity index (χ3v) is 4.21. The normalized spacial score (nSPS) is 17.6. The number of carbonyl (C=O) groups is 2. The van der Waals surface area contributed by atoms with Crippen molar-refractivity contribution in [1.82, 2.24) is 19.9 Å². The van der Waals surface area contributed by atoms with E-state index in [2.05, 4.69) is 20.3 Å². The number of imidazole rings is 1. The van der Waals surface area contributed by atoms with E-state index in [0.717, 1.165) is 12.8 Å². The Morgan fingerprint density at radius 3 is 2.83 bits per heavy atom. The van der Waals surface area contributed by atoms with Crippen LogP contribution in [0, 0.1) is 12.8 Å². The van der Waals surface area contributed by atoms with Crippen molar-refractivity contribution in [3.8, 4) is 0 Å². The Morgan fingerprint density at radius 2 is 2.17 bits per heavy atom. The smallest absolute Gasteiger partial charge is 0.271 e. The van der Waals surface area contributed by atoms with E-state index in [9.17, 15) is 9.59 Å². The van der Waals surface area contributed by atoms with Crippen molar-refractivity contribution in [2.24, 2.45) is 5.92 Å². The van der Waals surface area contributed by atoms with E-state index in [1.807, 2.05) is 0 Å². The number of nitrogens with one attached hydrogen (secondary N) is 2. The van der Waals surface area contributed by atoms with Crippen molar-refractivity contribution in [2.75, 3.05) is 18.4 Å². The summed E-state index contributed by atoms with van der Waals surface area (Å²) in [5.41, 5.74) is 0.452. The lowest BCUT2D eigenvalue weighted by molar-refractivity contribution is -0.121. The van der Waals surface area contributed by atoms with Crippen molar-refractivity contribution in [3.63, 3.8) is 0 Å². The minimum Gasteiger partial charge on any atom is -0.338 e. The predicted molar refractivity (Wildman–Crippen MR) is 89.8 cm³/mol. The van der Waals surface area contributed by atoms with Gasteiger partial charge in [-0.15, -0.1) is 0 Å².